The summed E-state index contributed by atoms with van der Waals surface area (Å²) in [5, 5.41) is 9.14. The Morgan fingerprint density at radius 2 is 2.33 bits per heavy atom. The van der Waals surface area contributed by atoms with Crippen LogP contribution in [-0.2, 0) is 4.79 Å². The molecule has 0 aliphatic rings. The van der Waals surface area contributed by atoms with Gasteiger partial charge in [0.1, 0.15) is 6.29 Å². The number of carbonyl (C=O) groups excluding carboxylic acids is 1. The highest BCUT2D eigenvalue weighted by Crippen LogP contribution is 2.22. The van der Waals surface area contributed by atoms with Gasteiger partial charge in [0.25, 0.3) is 0 Å². The van der Waals surface area contributed by atoms with Crippen LogP contribution in [0.3, 0.4) is 0 Å². The van der Waals surface area contributed by atoms with E-state index in [0.717, 1.165) is 17.5 Å². The van der Waals surface area contributed by atoms with Crippen LogP contribution in [0.25, 0.3) is 0 Å². The smallest absolute Gasteiger partial charge is 0.213 e. The van der Waals surface area contributed by atoms with Crippen LogP contribution in [-0.4, -0.2) is 30.1 Å². The number of carbonyl (C=O) groups is 1. The molecule has 0 bridgehead atoms. The van der Waals surface area contributed by atoms with Gasteiger partial charge in [0.2, 0.25) is 5.88 Å². The number of rotatable bonds is 5. The Balaban J connectivity index is 2.97. The van der Waals surface area contributed by atoms with Gasteiger partial charge in [-0.3, -0.25) is 0 Å². The van der Waals surface area contributed by atoms with Crippen LogP contribution >= 0.6 is 0 Å². The number of aryl methyl sites for hydroxylation is 1. The quantitative estimate of drug-likeness (QED) is 0.737. The summed E-state index contributed by atoms with van der Waals surface area (Å²) in [6.07, 6.45) is 1.12. The van der Waals surface area contributed by atoms with Crippen LogP contribution in [0.5, 0.6) is 5.88 Å². The van der Waals surface area contributed by atoms with Crippen molar-refractivity contribution < 1.29 is 14.6 Å². The normalized spacial score (nSPS) is 12.2. The lowest BCUT2D eigenvalue weighted by molar-refractivity contribution is -0.108. The SMILES string of the molecule is COc1ccc(C(CO)CC=O)c(C)n1. The van der Waals surface area contributed by atoms with Crippen LogP contribution in [0.4, 0.5) is 0 Å². The van der Waals surface area contributed by atoms with E-state index in [9.17, 15) is 4.79 Å². The first kappa shape index (κ1) is 11.7. The van der Waals surface area contributed by atoms with Crippen molar-refractivity contribution in [3.63, 3.8) is 0 Å². The number of aliphatic hydroxyl groups is 1. The lowest BCUT2D eigenvalue weighted by Crippen LogP contribution is -2.08. The molecule has 0 aliphatic heterocycles. The summed E-state index contributed by atoms with van der Waals surface area (Å²) in [5.74, 6) is 0.375. The molecule has 4 nitrogen and oxygen atoms in total. The van der Waals surface area contributed by atoms with E-state index in [-0.39, 0.29) is 12.5 Å². The van der Waals surface area contributed by atoms with E-state index in [1.807, 2.05) is 13.0 Å². The first-order valence-corrected chi connectivity index (χ1v) is 4.79. The van der Waals surface area contributed by atoms with Gasteiger partial charge in [-0.2, -0.15) is 0 Å². The molecule has 0 fully saturated rings. The van der Waals surface area contributed by atoms with Crippen molar-refractivity contribution >= 4 is 6.29 Å². The highest BCUT2D eigenvalue weighted by atomic mass is 16.5. The molecule has 1 heterocycles. The Morgan fingerprint density at radius 1 is 1.60 bits per heavy atom. The van der Waals surface area contributed by atoms with Crippen molar-refractivity contribution in [3.8, 4) is 5.88 Å². The fourth-order valence-electron chi connectivity index (χ4n) is 1.51. The summed E-state index contributed by atoms with van der Waals surface area (Å²) in [5.41, 5.74) is 1.68. The van der Waals surface area contributed by atoms with E-state index < -0.39 is 0 Å². The lowest BCUT2D eigenvalue weighted by atomic mass is 9.96. The van der Waals surface area contributed by atoms with Gasteiger partial charge in [0.05, 0.1) is 13.7 Å². The average Bonchev–Trinajstić information content (AvgIpc) is 2.26. The summed E-state index contributed by atoms with van der Waals surface area (Å²) in [7, 11) is 1.55. The standard InChI is InChI=1S/C11H15NO3/c1-8-10(9(7-14)5-6-13)3-4-11(12-8)15-2/h3-4,6,9,14H,5,7H2,1-2H3. The third-order valence-corrected chi connectivity index (χ3v) is 2.35. The van der Waals surface area contributed by atoms with E-state index in [2.05, 4.69) is 4.98 Å². The zero-order valence-corrected chi connectivity index (χ0v) is 8.93. The minimum atomic E-state index is -0.166. The van der Waals surface area contributed by atoms with E-state index >= 15 is 0 Å². The van der Waals surface area contributed by atoms with Gasteiger partial charge in [-0.15, -0.1) is 0 Å². The number of aromatic nitrogens is 1. The van der Waals surface area contributed by atoms with Gasteiger partial charge < -0.3 is 14.6 Å². The zero-order chi connectivity index (χ0) is 11.3. The van der Waals surface area contributed by atoms with E-state index in [1.54, 1.807) is 13.2 Å². The molecule has 0 saturated carbocycles. The fourth-order valence-corrected chi connectivity index (χ4v) is 1.51. The Labute approximate surface area is 88.9 Å². The molecule has 0 aromatic carbocycles. The summed E-state index contributed by atoms with van der Waals surface area (Å²) < 4.78 is 4.98. The Hall–Kier alpha value is -1.42. The summed E-state index contributed by atoms with van der Waals surface area (Å²) >= 11 is 0. The molecule has 82 valence electrons. The predicted molar refractivity (Wildman–Crippen MR) is 56.0 cm³/mol. The van der Waals surface area contributed by atoms with Crippen molar-refractivity contribution in [3.05, 3.63) is 23.4 Å². The number of pyridine rings is 1. The third kappa shape index (κ3) is 2.76. The summed E-state index contributed by atoms with van der Waals surface area (Å²) in [6, 6.07) is 3.57. The van der Waals surface area contributed by atoms with Crippen molar-refractivity contribution in [1.29, 1.82) is 0 Å². The number of ether oxygens (including phenoxy) is 1. The molecular formula is C11H15NO3. The first-order chi connectivity index (χ1) is 7.22. The molecule has 1 aromatic rings. The van der Waals surface area contributed by atoms with Crippen LogP contribution in [0, 0.1) is 6.92 Å². The van der Waals surface area contributed by atoms with E-state index in [0.29, 0.717) is 12.3 Å². The van der Waals surface area contributed by atoms with Gasteiger partial charge in [0, 0.05) is 24.1 Å². The largest absolute Gasteiger partial charge is 0.481 e. The van der Waals surface area contributed by atoms with Gasteiger partial charge in [-0.05, 0) is 12.5 Å². The highest BCUT2D eigenvalue weighted by Gasteiger charge is 2.13. The topological polar surface area (TPSA) is 59.4 Å². The van der Waals surface area contributed by atoms with Gasteiger partial charge >= 0.3 is 0 Å². The monoisotopic (exact) mass is 209 g/mol. The van der Waals surface area contributed by atoms with Crippen LogP contribution in [0.15, 0.2) is 12.1 Å². The van der Waals surface area contributed by atoms with Crippen molar-refractivity contribution in [1.82, 2.24) is 4.98 Å². The number of aldehydes is 1. The zero-order valence-electron chi connectivity index (χ0n) is 8.93. The molecule has 1 atom stereocenters. The predicted octanol–water partition coefficient (Wildman–Crippen LogP) is 1.06. The molecule has 1 N–H and O–H groups in total. The minimum absolute atomic E-state index is 0.0480. The first-order valence-electron chi connectivity index (χ1n) is 4.79. The third-order valence-electron chi connectivity index (χ3n) is 2.35. The second-order valence-corrected chi connectivity index (χ2v) is 3.31. The Morgan fingerprint density at radius 3 is 2.80 bits per heavy atom. The van der Waals surface area contributed by atoms with E-state index in [1.165, 1.54) is 0 Å². The highest BCUT2D eigenvalue weighted by molar-refractivity contribution is 5.52. The molecule has 0 spiro atoms. The summed E-state index contributed by atoms with van der Waals surface area (Å²) in [6.45, 7) is 1.79. The second kappa shape index (κ2) is 5.46. The van der Waals surface area contributed by atoms with Gasteiger partial charge in [0.15, 0.2) is 0 Å². The maximum atomic E-state index is 10.4. The number of methoxy groups -OCH3 is 1. The maximum absolute atomic E-state index is 10.4. The molecule has 1 aromatic heterocycles. The maximum Gasteiger partial charge on any atom is 0.213 e. The van der Waals surface area contributed by atoms with E-state index in [4.69, 9.17) is 9.84 Å². The van der Waals surface area contributed by atoms with Crippen LogP contribution in [0.1, 0.15) is 23.6 Å². The molecule has 0 aliphatic carbocycles. The van der Waals surface area contributed by atoms with Crippen LogP contribution in [0.2, 0.25) is 0 Å². The lowest BCUT2D eigenvalue weighted by Gasteiger charge is -2.14. The Bertz CT molecular complexity index is 339. The number of hydrogen-bond acceptors (Lipinski definition) is 4. The van der Waals surface area contributed by atoms with Crippen LogP contribution < -0.4 is 4.74 Å². The fraction of sp³-hybridized carbons (Fsp3) is 0.455. The number of aliphatic hydroxyl groups excluding tert-OH is 1. The molecule has 0 saturated heterocycles. The number of nitrogens with zero attached hydrogens (tertiary/aromatic N) is 1. The average molecular weight is 209 g/mol. The molecular weight excluding hydrogens is 194 g/mol. The van der Waals surface area contributed by atoms with Gasteiger partial charge in [-0.1, -0.05) is 6.07 Å². The molecule has 0 radical (unpaired) electrons. The molecule has 4 heteroatoms. The van der Waals surface area contributed by atoms with Crippen molar-refractivity contribution in [2.45, 2.75) is 19.3 Å². The van der Waals surface area contributed by atoms with Crippen molar-refractivity contribution in [2.24, 2.45) is 0 Å². The number of hydrogen-bond donors (Lipinski definition) is 1. The summed E-state index contributed by atoms with van der Waals surface area (Å²) in [4.78, 5) is 14.6. The second-order valence-electron chi connectivity index (χ2n) is 3.31. The molecule has 15 heavy (non-hydrogen) atoms. The minimum Gasteiger partial charge on any atom is -0.481 e. The van der Waals surface area contributed by atoms with Crippen molar-refractivity contribution in [2.75, 3.05) is 13.7 Å². The molecule has 0 amide bonds. The Kier molecular flexibility index (Phi) is 4.24. The molecule has 1 rings (SSSR count). The molecule has 1 unspecified atom stereocenters. The van der Waals surface area contributed by atoms with Gasteiger partial charge in [-0.25, -0.2) is 4.98 Å².